The van der Waals surface area contributed by atoms with Crippen LogP contribution in [0.3, 0.4) is 0 Å². The molecular weight excluding hydrogens is 180 g/mol. The van der Waals surface area contributed by atoms with E-state index in [2.05, 4.69) is 0 Å². The molecular formula is C8H15F2NO2. The number of rotatable bonds is 2. The first kappa shape index (κ1) is 10.8. The van der Waals surface area contributed by atoms with Crippen LogP contribution in [0.15, 0.2) is 0 Å². The highest BCUT2D eigenvalue weighted by atomic mass is 19.3. The van der Waals surface area contributed by atoms with Crippen molar-refractivity contribution in [1.29, 1.82) is 0 Å². The Morgan fingerprint density at radius 2 is 1.85 bits per heavy atom. The minimum atomic E-state index is -3.01. The Morgan fingerprint density at radius 3 is 2.15 bits per heavy atom. The summed E-state index contributed by atoms with van der Waals surface area (Å²) < 4.78 is 26.8. The van der Waals surface area contributed by atoms with Crippen molar-refractivity contribution in [2.24, 2.45) is 0 Å². The van der Waals surface area contributed by atoms with E-state index in [1.165, 1.54) is 11.9 Å². The number of halogens is 2. The summed E-state index contributed by atoms with van der Waals surface area (Å²) in [5.74, 6) is -3.01. The number of likely N-dealkylation sites (N-methyl/N-ethyl adjacent to an activating group) is 1. The van der Waals surface area contributed by atoms with Crippen LogP contribution >= 0.6 is 0 Å². The SMILES string of the molecule is CN1CCCC(F)(F)C1(CO)CO. The van der Waals surface area contributed by atoms with Gasteiger partial charge in [0.25, 0.3) is 5.92 Å². The van der Waals surface area contributed by atoms with Gasteiger partial charge in [0.05, 0.1) is 13.2 Å². The molecule has 1 aliphatic rings. The van der Waals surface area contributed by atoms with E-state index in [0.717, 1.165) is 0 Å². The lowest BCUT2D eigenvalue weighted by Crippen LogP contribution is -2.66. The average Bonchev–Trinajstić information content (AvgIpc) is 2.05. The van der Waals surface area contributed by atoms with Gasteiger partial charge in [-0.05, 0) is 20.0 Å². The van der Waals surface area contributed by atoms with Crippen molar-refractivity contribution in [2.75, 3.05) is 26.8 Å². The molecule has 0 radical (unpaired) electrons. The van der Waals surface area contributed by atoms with E-state index >= 15 is 0 Å². The summed E-state index contributed by atoms with van der Waals surface area (Å²) in [5.41, 5.74) is -1.77. The molecule has 1 rings (SSSR count). The molecule has 0 aromatic heterocycles. The first-order valence-corrected chi connectivity index (χ1v) is 4.31. The topological polar surface area (TPSA) is 43.7 Å². The molecule has 3 nitrogen and oxygen atoms in total. The van der Waals surface area contributed by atoms with Gasteiger partial charge in [-0.25, -0.2) is 8.78 Å². The van der Waals surface area contributed by atoms with Gasteiger partial charge in [-0.1, -0.05) is 0 Å². The average molecular weight is 195 g/mol. The summed E-state index contributed by atoms with van der Waals surface area (Å²) in [5, 5.41) is 17.9. The van der Waals surface area contributed by atoms with Crippen molar-refractivity contribution in [3.8, 4) is 0 Å². The van der Waals surface area contributed by atoms with Crippen molar-refractivity contribution in [1.82, 2.24) is 4.90 Å². The molecule has 2 N–H and O–H groups in total. The fourth-order valence-corrected chi connectivity index (χ4v) is 1.79. The van der Waals surface area contributed by atoms with Gasteiger partial charge >= 0.3 is 0 Å². The lowest BCUT2D eigenvalue weighted by molar-refractivity contribution is -0.197. The second-order valence-electron chi connectivity index (χ2n) is 3.58. The van der Waals surface area contributed by atoms with Gasteiger partial charge < -0.3 is 10.2 Å². The van der Waals surface area contributed by atoms with Gasteiger partial charge in [0.1, 0.15) is 5.54 Å². The number of likely N-dealkylation sites (tertiary alicyclic amines) is 1. The van der Waals surface area contributed by atoms with E-state index in [0.29, 0.717) is 13.0 Å². The van der Waals surface area contributed by atoms with Gasteiger partial charge in [-0.3, -0.25) is 4.90 Å². The highest BCUT2D eigenvalue weighted by Gasteiger charge is 2.57. The van der Waals surface area contributed by atoms with Gasteiger partial charge in [-0.2, -0.15) is 0 Å². The third-order valence-corrected chi connectivity index (χ3v) is 2.92. The van der Waals surface area contributed by atoms with Crippen LogP contribution in [0.2, 0.25) is 0 Å². The predicted molar refractivity (Wildman–Crippen MR) is 43.7 cm³/mol. The minimum Gasteiger partial charge on any atom is -0.394 e. The Kier molecular flexibility index (Phi) is 2.89. The van der Waals surface area contributed by atoms with Crippen LogP contribution in [0.25, 0.3) is 0 Å². The maximum atomic E-state index is 13.4. The number of piperidine rings is 1. The molecule has 1 saturated heterocycles. The lowest BCUT2D eigenvalue weighted by atomic mass is 9.84. The van der Waals surface area contributed by atoms with Crippen LogP contribution in [0, 0.1) is 0 Å². The molecule has 5 heteroatoms. The second kappa shape index (κ2) is 3.48. The van der Waals surface area contributed by atoms with Crippen molar-refractivity contribution in [2.45, 2.75) is 24.3 Å². The number of aliphatic hydroxyl groups excluding tert-OH is 2. The van der Waals surface area contributed by atoms with E-state index in [4.69, 9.17) is 10.2 Å². The second-order valence-corrected chi connectivity index (χ2v) is 3.58. The van der Waals surface area contributed by atoms with Crippen molar-refractivity contribution < 1.29 is 19.0 Å². The van der Waals surface area contributed by atoms with E-state index in [9.17, 15) is 8.78 Å². The largest absolute Gasteiger partial charge is 0.394 e. The summed E-state index contributed by atoms with van der Waals surface area (Å²) in [6.45, 7) is -0.948. The smallest absolute Gasteiger partial charge is 0.270 e. The normalized spacial score (nSPS) is 27.5. The molecule has 1 aliphatic heterocycles. The van der Waals surface area contributed by atoms with Crippen molar-refractivity contribution in [3.05, 3.63) is 0 Å². The summed E-state index contributed by atoms with van der Waals surface area (Å²) >= 11 is 0. The zero-order chi connectivity index (χ0) is 10.1. The lowest BCUT2D eigenvalue weighted by Gasteiger charge is -2.47. The Balaban J connectivity index is 2.96. The van der Waals surface area contributed by atoms with E-state index in [1.54, 1.807) is 0 Å². The Labute approximate surface area is 76.0 Å². The third kappa shape index (κ3) is 1.45. The van der Waals surface area contributed by atoms with E-state index in [-0.39, 0.29) is 6.42 Å². The summed E-state index contributed by atoms with van der Waals surface area (Å²) in [4.78, 5) is 1.34. The summed E-state index contributed by atoms with van der Waals surface area (Å²) in [6.07, 6.45) is 0.129. The molecule has 0 aromatic rings. The number of alkyl halides is 2. The van der Waals surface area contributed by atoms with Gasteiger partial charge in [0.2, 0.25) is 0 Å². The fourth-order valence-electron chi connectivity index (χ4n) is 1.79. The van der Waals surface area contributed by atoms with Crippen LogP contribution in [0.4, 0.5) is 8.78 Å². The van der Waals surface area contributed by atoms with Crippen LogP contribution in [0.1, 0.15) is 12.8 Å². The highest BCUT2D eigenvalue weighted by Crippen LogP contribution is 2.40. The van der Waals surface area contributed by atoms with Gasteiger partial charge in [0, 0.05) is 6.42 Å². The zero-order valence-corrected chi connectivity index (χ0v) is 7.63. The molecule has 0 bridgehead atoms. The summed E-state index contributed by atoms with van der Waals surface area (Å²) in [6, 6.07) is 0. The molecule has 0 aromatic carbocycles. The number of hydrogen-bond acceptors (Lipinski definition) is 3. The molecule has 1 heterocycles. The molecule has 0 atom stereocenters. The monoisotopic (exact) mass is 195 g/mol. The van der Waals surface area contributed by atoms with Crippen LogP contribution in [-0.2, 0) is 0 Å². The molecule has 13 heavy (non-hydrogen) atoms. The standard InChI is InChI=1S/C8H15F2NO2/c1-11-4-2-3-8(9,10)7(11,5-12)6-13/h12-13H,2-6H2,1H3. The first-order valence-electron chi connectivity index (χ1n) is 4.31. The van der Waals surface area contributed by atoms with Crippen LogP contribution in [0.5, 0.6) is 0 Å². The highest BCUT2D eigenvalue weighted by molar-refractivity contribution is 5.03. The fraction of sp³-hybridized carbons (Fsp3) is 1.00. The Hall–Kier alpha value is -0.260. The number of aliphatic hydroxyl groups is 2. The number of hydrogen-bond donors (Lipinski definition) is 2. The molecule has 0 amide bonds. The van der Waals surface area contributed by atoms with E-state index < -0.39 is 24.7 Å². The van der Waals surface area contributed by atoms with E-state index in [1.807, 2.05) is 0 Å². The molecule has 0 spiro atoms. The van der Waals surface area contributed by atoms with Gasteiger partial charge in [0.15, 0.2) is 0 Å². The molecule has 0 saturated carbocycles. The molecule has 0 unspecified atom stereocenters. The Bertz CT molecular complexity index is 183. The molecule has 1 fully saturated rings. The molecule has 78 valence electrons. The van der Waals surface area contributed by atoms with Crippen LogP contribution < -0.4 is 0 Å². The minimum absolute atomic E-state index is 0.265. The van der Waals surface area contributed by atoms with Gasteiger partial charge in [-0.15, -0.1) is 0 Å². The zero-order valence-electron chi connectivity index (χ0n) is 7.63. The predicted octanol–water partition coefficient (Wildman–Crippen LogP) is 0.0707. The maximum Gasteiger partial charge on any atom is 0.270 e. The molecule has 0 aliphatic carbocycles. The number of nitrogens with zero attached hydrogens (tertiary/aromatic N) is 1. The maximum absolute atomic E-state index is 13.4. The van der Waals surface area contributed by atoms with Crippen molar-refractivity contribution >= 4 is 0 Å². The third-order valence-electron chi connectivity index (χ3n) is 2.92. The summed E-state index contributed by atoms with van der Waals surface area (Å²) in [7, 11) is 1.50. The van der Waals surface area contributed by atoms with Crippen molar-refractivity contribution in [3.63, 3.8) is 0 Å². The quantitative estimate of drug-likeness (QED) is 0.655. The van der Waals surface area contributed by atoms with Crippen LogP contribution in [-0.4, -0.2) is 53.4 Å². The first-order chi connectivity index (χ1) is 6.00. The Morgan fingerprint density at radius 1 is 1.31 bits per heavy atom.